The minimum atomic E-state index is -0.556. The fourth-order valence-electron chi connectivity index (χ4n) is 2.50. The fourth-order valence-corrected chi connectivity index (χ4v) is 2.50. The number of aromatic nitrogens is 5. The number of anilines is 2. The Morgan fingerprint density at radius 1 is 1.27 bits per heavy atom. The van der Waals surface area contributed by atoms with Crippen LogP contribution in [0, 0.1) is 0 Å². The molecule has 0 saturated carbocycles. The van der Waals surface area contributed by atoms with E-state index >= 15 is 0 Å². The number of nitrogen functional groups attached to an aromatic ring is 1. The number of nitrogens with zero attached hydrogens (tertiary/aromatic N) is 7. The monoisotopic (exact) mass is 412 g/mol. The lowest BCUT2D eigenvalue weighted by atomic mass is 10.2. The van der Waals surface area contributed by atoms with Crippen molar-refractivity contribution in [2.24, 2.45) is 5.10 Å². The fraction of sp³-hybridized carbons (Fsp3) is 0.235. The number of carbonyl (C=O) groups excluding carboxylic acids is 2. The van der Waals surface area contributed by atoms with Crippen molar-refractivity contribution in [2.75, 3.05) is 25.1 Å². The molecule has 13 nitrogen and oxygen atoms in total. The highest BCUT2D eigenvalue weighted by molar-refractivity contribution is 5.94. The standard InChI is InChI=1S/C17H20N10O3/c1-10(28)20-12-6-4-11(5-7-12)8-19-22-17(29)14-13(9-26(2)3)27(25-21-14)16-15(18)23-30-24-16/h4-8H,9H2,1-3H3,(H2,18,23)(H,20,28)(H,22,29)/b19-8+. The maximum absolute atomic E-state index is 12.6. The van der Waals surface area contributed by atoms with Crippen LogP contribution in [0.25, 0.3) is 5.82 Å². The van der Waals surface area contributed by atoms with E-state index in [4.69, 9.17) is 5.73 Å². The number of hydrazone groups is 1. The Morgan fingerprint density at radius 2 is 2.00 bits per heavy atom. The number of hydrogen-bond acceptors (Lipinski definition) is 10. The Labute approximate surface area is 170 Å². The molecule has 1 aromatic carbocycles. The van der Waals surface area contributed by atoms with Crippen LogP contribution in [0.4, 0.5) is 11.5 Å². The number of nitrogens with two attached hydrogens (primary N) is 1. The van der Waals surface area contributed by atoms with Gasteiger partial charge in [0.15, 0.2) is 5.69 Å². The molecule has 0 aliphatic rings. The molecule has 2 amide bonds. The Kier molecular flexibility index (Phi) is 6.12. The highest BCUT2D eigenvalue weighted by atomic mass is 16.6. The summed E-state index contributed by atoms with van der Waals surface area (Å²) < 4.78 is 5.90. The third-order valence-corrected chi connectivity index (χ3v) is 3.75. The molecule has 30 heavy (non-hydrogen) atoms. The van der Waals surface area contributed by atoms with Crippen molar-refractivity contribution in [1.82, 2.24) is 35.6 Å². The molecule has 0 bridgehead atoms. The molecule has 0 atom stereocenters. The molecule has 2 heterocycles. The summed E-state index contributed by atoms with van der Waals surface area (Å²) in [5.74, 6) is -0.554. The minimum absolute atomic E-state index is 0.0209. The molecule has 3 aromatic rings. The van der Waals surface area contributed by atoms with Crippen molar-refractivity contribution in [1.29, 1.82) is 0 Å². The highest BCUT2D eigenvalue weighted by Gasteiger charge is 2.24. The van der Waals surface area contributed by atoms with Gasteiger partial charge in [0.1, 0.15) is 0 Å². The van der Waals surface area contributed by atoms with Gasteiger partial charge >= 0.3 is 0 Å². The number of rotatable bonds is 7. The number of benzene rings is 1. The second-order valence-corrected chi connectivity index (χ2v) is 6.51. The van der Waals surface area contributed by atoms with Crippen LogP contribution in [0.2, 0.25) is 0 Å². The molecule has 3 rings (SSSR count). The van der Waals surface area contributed by atoms with Crippen LogP contribution in [-0.2, 0) is 11.3 Å². The van der Waals surface area contributed by atoms with Crippen LogP contribution in [0.3, 0.4) is 0 Å². The average Bonchev–Trinajstić information content (AvgIpc) is 3.28. The third kappa shape index (κ3) is 4.82. The van der Waals surface area contributed by atoms with Gasteiger partial charge in [-0.25, -0.2) is 10.1 Å². The van der Waals surface area contributed by atoms with E-state index in [1.54, 1.807) is 24.3 Å². The predicted molar refractivity (Wildman–Crippen MR) is 107 cm³/mol. The normalized spacial score (nSPS) is 11.2. The Hall–Kier alpha value is -4.13. The van der Waals surface area contributed by atoms with E-state index in [0.717, 1.165) is 5.56 Å². The minimum Gasteiger partial charge on any atom is -0.378 e. The van der Waals surface area contributed by atoms with Gasteiger partial charge in [0.2, 0.25) is 17.5 Å². The van der Waals surface area contributed by atoms with Crippen LogP contribution in [-0.4, -0.2) is 62.3 Å². The Bertz CT molecular complexity index is 1070. The van der Waals surface area contributed by atoms with E-state index < -0.39 is 5.91 Å². The summed E-state index contributed by atoms with van der Waals surface area (Å²) in [6, 6.07) is 6.94. The largest absolute Gasteiger partial charge is 0.378 e. The lowest BCUT2D eigenvalue weighted by Gasteiger charge is -2.11. The number of nitrogens with one attached hydrogen (secondary N) is 2. The number of carbonyl (C=O) groups is 2. The van der Waals surface area contributed by atoms with E-state index in [2.05, 4.69) is 41.1 Å². The van der Waals surface area contributed by atoms with Gasteiger partial charge in [-0.15, -0.1) is 5.10 Å². The quantitative estimate of drug-likeness (QED) is 0.357. The first-order chi connectivity index (χ1) is 14.3. The SMILES string of the molecule is CC(=O)Nc1ccc(/C=N/NC(=O)c2nnn(-c3nonc3N)c2CN(C)C)cc1. The molecule has 0 aliphatic heterocycles. The van der Waals surface area contributed by atoms with E-state index in [1.807, 2.05) is 19.0 Å². The first-order valence-corrected chi connectivity index (χ1v) is 8.74. The first-order valence-electron chi connectivity index (χ1n) is 8.74. The van der Waals surface area contributed by atoms with Gasteiger partial charge in [-0.2, -0.15) is 9.78 Å². The van der Waals surface area contributed by atoms with Crippen LogP contribution >= 0.6 is 0 Å². The third-order valence-electron chi connectivity index (χ3n) is 3.75. The molecule has 0 radical (unpaired) electrons. The number of amides is 2. The summed E-state index contributed by atoms with van der Waals surface area (Å²) >= 11 is 0. The molecule has 2 aromatic heterocycles. The molecule has 0 fully saturated rings. The molecule has 156 valence electrons. The predicted octanol–water partition coefficient (Wildman–Crippen LogP) is 0.0164. The smallest absolute Gasteiger partial charge is 0.293 e. The van der Waals surface area contributed by atoms with E-state index in [0.29, 0.717) is 17.9 Å². The van der Waals surface area contributed by atoms with Crippen LogP contribution in [0.1, 0.15) is 28.7 Å². The van der Waals surface area contributed by atoms with Crippen molar-refractivity contribution in [3.8, 4) is 5.82 Å². The summed E-state index contributed by atoms with van der Waals surface area (Å²) in [5, 5.41) is 21.7. The van der Waals surface area contributed by atoms with Gasteiger partial charge in [0.05, 0.1) is 11.9 Å². The summed E-state index contributed by atoms with van der Waals surface area (Å²) in [4.78, 5) is 25.5. The molecule has 4 N–H and O–H groups in total. The molecule has 0 unspecified atom stereocenters. The van der Waals surface area contributed by atoms with E-state index in [-0.39, 0.29) is 23.2 Å². The van der Waals surface area contributed by atoms with Gasteiger partial charge in [0, 0.05) is 19.2 Å². The zero-order valence-corrected chi connectivity index (χ0v) is 16.5. The van der Waals surface area contributed by atoms with Crippen molar-refractivity contribution in [3.05, 3.63) is 41.2 Å². The highest BCUT2D eigenvalue weighted by Crippen LogP contribution is 2.16. The summed E-state index contributed by atoms with van der Waals surface area (Å²) in [5.41, 5.74) is 10.0. The zero-order chi connectivity index (χ0) is 21.7. The van der Waals surface area contributed by atoms with Crippen molar-refractivity contribution < 1.29 is 14.2 Å². The first kappa shape index (κ1) is 20.6. The average molecular weight is 412 g/mol. The van der Waals surface area contributed by atoms with E-state index in [1.165, 1.54) is 17.8 Å². The van der Waals surface area contributed by atoms with Gasteiger partial charge in [0.25, 0.3) is 5.91 Å². The Morgan fingerprint density at radius 3 is 2.60 bits per heavy atom. The Balaban J connectivity index is 1.75. The van der Waals surface area contributed by atoms with Crippen molar-refractivity contribution >= 4 is 29.5 Å². The lowest BCUT2D eigenvalue weighted by Crippen LogP contribution is -2.23. The maximum atomic E-state index is 12.6. The molecule has 13 heteroatoms. The molecular formula is C17H20N10O3. The molecule has 0 aliphatic carbocycles. The van der Waals surface area contributed by atoms with Gasteiger partial charge in [-0.3, -0.25) is 9.59 Å². The zero-order valence-electron chi connectivity index (χ0n) is 16.5. The number of hydrogen-bond donors (Lipinski definition) is 3. The van der Waals surface area contributed by atoms with Crippen molar-refractivity contribution in [3.63, 3.8) is 0 Å². The summed E-state index contributed by atoms with van der Waals surface area (Å²) in [7, 11) is 3.65. The van der Waals surface area contributed by atoms with Crippen LogP contribution < -0.4 is 16.5 Å². The topological polar surface area (TPSA) is 169 Å². The molecular weight excluding hydrogens is 392 g/mol. The second-order valence-electron chi connectivity index (χ2n) is 6.51. The molecule has 0 spiro atoms. The summed E-state index contributed by atoms with van der Waals surface area (Å²) in [6.07, 6.45) is 1.46. The second kappa shape index (κ2) is 8.91. The molecule has 0 saturated heterocycles. The van der Waals surface area contributed by atoms with Crippen LogP contribution in [0.5, 0.6) is 0 Å². The maximum Gasteiger partial charge on any atom is 0.293 e. The van der Waals surface area contributed by atoms with Gasteiger partial charge in [-0.1, -0.05) is 17.3 Å². The van der Waals surface area contributed by atoms with Crippen molar-refractivity contribution in [2.45, 2.75) is 13.5 Å². The van der Waals surface area contributed by atoms with E-state index in [9.17, 15) is 9.59 Å². The van der Waals surface area contributed by atoms with Gasteiger partial charge in [-0.05, 0) is 42.1 Å². The lowest BCUT2D eigenvalue weighted by molar-refractivity contribution is -0.114. The van der Waals surface area contributed by atoms with Crippen LogP contribution in [0.15, 0.2) is 34.0 Å². The van der Waals surface area contributed by atoms with Gasteiger partial charge < -0.3 is 16.0 Å². The summed E-state index contributed by atoms with van der Waals surface area (Å²) in [6.45, 7) is 1.76.